The Hall–Kier alpha value is -1.68. The molecule has 0 aliphatic rings. The van der Waals surface area contributed by atoms with Gasteiger partial charge >= 0.3 is 0 Å². The minimum Gasteiger partial charge on any atom is -0.340 e. The molecular formula is C12H16N4. The molecule has 0 amide bonds. The number of pyridine rings is 1. The molecule has 0 bridgehead atoms. The third-order valence-corrected chi connectivity index (χ3v) is 2.25. The van der Waals surface area contributed by atoms with Crippen LogP contribution in [-0.4, -0.2) is 21.0 Å². The fourth-order valence-corrected chi connectivity index (χ4v) is 1.41. The number of rotatable bonds is 4. The smallest absolute Gasteiger partial charge is 0.120 e. The van der Waals surface area contributed by atoms with Gasteiger partial charge in [0, 0.05) is 12.2 Å². The van der Waals surface area contributed by atoms with E-state index in [4.69, 9.17) is 0 Å². The summed E-state index contributed by atoms with van der Waals surface area (Å²) in [6.07, 6.45) is 3.60. The normalized spacial score (nSPS) is 10.9. The molecule has 0 aromatic carbocycles. The maximum atomic E-state index is 4.31. The highest BCUT2D eigenvalue weighted by molar-refractivity contribution is 5.52. The highest BCUT2D eigenvalue weighted by Gasteiger charge is 2.03. The Balaban J connectivity index is 2.08. The SMILES string of the molecule is CC(C)NCc1ncc(-c2ccccn2)[nH]1. The van der Waals surface area contributed by atoms with Crippen LogP contribution in [0.3, 0.4) is 0 Å². The average Bonchev–Trinajstić information content (AvgIpc) is 2.76. The molecule has 2 heterocycles. The fourth-order valence-electron chi connectivity index (χ4n) is 1.41. The lowest BCUT2D eigenvalue weighted by Gasteiger charge is -2.04. The van der Waals surface area contributed by atoms with Crippen molar-refractivity contribution in [2.24, 2.45) is 0 Å². The minimum absolute atomic E-state index is 0.461. The fraction of sp³-hybridized carbons (Fsp3) is 0.333. The average molecular weight is 216 g/mol. The first-order valence-electron chi connectivity index (χ1n) is 5.44. The number of aromatic amines is 1. The van der Waals surface area contributed by atoms with Crippen LogP contribution in [0.1, 0.15) is 19.7 Å². The van der Waals surface area contributed by atoms with E-state index in [1.54, 1.807) is 6.20 Å². The van der Waals surface area contributed by atoms with Gasteiger partial charge in [-0.2, -0.15) is 0 Å². The van der Waals surface area contributed by atoms with Crippen LogP contribution in [0.4, 0.5) is 0 Å². The first-order chi connectivity index (χ1) is 7.75. The van der Waals surface area contributed by atoms with Gasteiger partial charge in [0.05, 0.1) is 24.1 Å². The van der Waals surface area contributed by atoms with Crippen LogP contribution < -0.4 is 5.32 Å². The van der Waals surface area contributed by atoms with E-state index in [9.17, 15) is 0 Å². The van der Waals surface area contributed by atoms with Crippen LogP contribution in [-0.2, 0) is 6.54 Å². The summed E-state index contributed by atoms with van der Waals surface area (Å²) in [5.74, 6) is 0.939. The number of hydrogen-bond acceptors (Lipinski definition) is 3. The van der Waals surface area contributed by atoms with Crippen LogP contribution >= 0.6 is 0 Å². The Bertz CT molecular complexity index is 433. The van der Waals surface area contributed by atoms with Gasteiger partial charge in [-0.1, -0.05) is 19.9 Å². The molecule has 0 unspecified atom stereocenters. The highest BCUT2D eigenvalue weighted by Crippen LogP contribution is 2.12. The van der Waals surface area contributed by atoms with E-state index in [1.807, 2.05) is 24.4 Å². The molecule has 0 radical (unpaired) electrons. The van der Waals surface area contributed by atoms with Gasteiger partial charge in [0.15, 0.2) is 0 Å². The van der Waals surface area contributed by atoms with Gasteiger partial charge < -0.3 is 10.3 Å². The molecule has 2 rings (SSSR count). The van der Waals surface area contributed by atoms with Crippen molar-refractivity contribution >= 4 is 0 Å². The third kappa shape index (κ3) is 2.67. The van der Waals surface area contributed by atoms with E-state index in [0.717, 1.165) is 23.8 Å². The number of hydrogen-bond donors (Lipinski definition) is 2. The summed E-state index contributed by atoms with van der Waals surface area (Å²) in [6, 6.07) is 6.30. The van der Waals surface area contributed by atoms with E-state index in [0.29, 0.717) is 6.04 Å². The zero-order valence-corrected chi connectivity index (χ0v) is 9.57. The molecule has 0 atom stereocenters. The lowest BCUT2D eigenvalue weighted by Crippen LogP contribution is -2.22. The standard InChI is InChI=1S/C12H16N4/c1-9(2)14-8-12-15-7-11(16-12)10-5-3-4-6-13-10/h3-7,9,14H,8H2,1-2H3,(H,15,16). The van der Waals surface area contributed by atoms with E-state index >= 15 is 0 Å². The van der Waals surface area contributed by atoms with Crippen molar-refractivity contribution in [1.29, 1.82) is 0 Å². The summed E-state index contributed by atoms with van der Waals surface area (Å²) in [4.78, 5) is 11.8. The summed E-state index contributed by atoms with van der Waals surface area (Å²) in [6.45, 7) is 4.98. The molecule has 0 spiro atoms. The summed E-state index contributed by atoms with van der Waals surface area (Å²) in [5.41, 5.74) is 1.88. The van der Waals surface area contributed by atoms with Gasteiger partial charge in [-0.15, -0.1) is 0 Å². The number of aromatic nitrogens is 3. The Morgan fingerprint density at radius 2 is 2.19 bits per heavy atom. The molecule has 2 aromatic rings. The van der Waals surface area contributed by atoms with Crippen LogP contribution in [0.15, 0.2) is 30.6 Å². The van der Waals surface area contributed by atoms with Crippen molar-refractivity contribution in [3.63, 3.8) is 0 Å². The summed E-state index contributed by atoms with van der Waals surface area (Å²) >= 11 is 0. The first-order valence-corrected chi connectivity index (χ1v) is 5.44. The second-order valence-electron chi connectivity index (χ2n) is 3.99. The van der Waals surface area contributed by atoms with Crippen molar-refractivity contribution in [2.45, 2.75) is 26.4 Å². The number of nitrogens with one attached hydrogen (secondary N) is 2. The molecule has 0 fully saturated rings. The molecule has 0 saturated carbocycles. The molecule has 4 heteroatoms. The molecule has 4 nitrogen and oxygen atoms in total. The largest absolute Gasteiger partial charge is 0.340 e. The Labute approximate surface area is 95.1 Å². The van der Waals surface area contributed by atoms with Crippen LogP contribution in [0, 0.1) is 0 Å². The molecule has 0 saturated heterocycles. The van der Waals surface area contributed by atoms with Gasteiger partial charge in [-0.05, 0) is 12.1 Å². The van der Waals surface area contributed by atoms with Crippen molar-refractivity contribution in [3.05, 3.63) is 36.4 Å². The van der Waals surface area contributed by atoms with Crippen LogP contribution in [0.5, 0.6) is 0 Å². The van der Waals surface area contributed by atoms with Crippen molar-refractivity contribution in [2.75, 3.05) is 0 Å². The van der Waals surface area contributed by atoms with E-state index in [-0.39, 0.29) is 0 Å². The summed E-state index contributed by atoms with van der Waals surface area (Å²) < 4.78 is 0. The summed E-state index contributed by atoms with van der Waals surface area (Å²) in [5, 5.41) is 3.31. The van der Waals surface area contributed by atoms with Crippen molar-refractivity contribution in [3.8, 4) is 11.4 Å². The first kappa shape index (κ1) is 10.8. The second-order valence-corrected chi connectivity index (χ2v) is 3.99. The van der Waals surface area contributed by atoms with E-state index in [2.05, 4.69) is 34.1 Å². The van der Waals surface area contributed by atoms with Gasteiger partial charge in [0.1, 0.15) is 5.82 Å². The predicted octanol–water partition coefficient (Wildman–Crippen LogP) is 1.97. The predicted molar refractivity (Wildman–Crippen MR) is 63.8 cm³/mol. The molecule has 0 aliphatic carbocycles. The molecule has 2 N–H and O–H groups in total. The van der Waals surface area contributed by atoms with Gasteiger partial charge in [0.25, 0.3) is 0 Å². The van der Waals surface area contributed by atoms with Crippen molar-refractivity contribution < 1.29 is 0 Å². The Morgan fingerprint density at radius 3 is 2.88 bits per heavy atom. The van der Waals surface area contributed by atoms with E-state index in [1.165, 1.54) is 0 Å². The molecule has 2 aromatic heterocycles. The topological polar surface area (TPSA) is 53.6 Å². The Kier molecular flexibility index (Phi) is 3.31. The lowest BCUT2D eigenvalue weighted by molar-refractivity contribution is 0.575. The van der Waals surface area contributed by atoms with Crippen LogP contribution in [0.2, 0.25) is 0 Å². The van der Waals surface area contributed by atoms with Gasteiger partial charge in [-0.25, -0.2) is 4.98 Å². The maximum Gasteiger partial charge on any atom is 0.120 e. The van der Waals surface area contributed by atoms with Crippen molar-refractivity contribution in [1.82, 2.24) is 20.3 Å². The highest BCUT2D eigenvalue weighted by atomic mass is 15.0. The van der Waals surface area contributed by atoms with Crippen LogP contribution in [0.25, 0.3) is 11.4 Å². The maximum absolute atomic E-state index is 4.31. The van der Waals surface area contributed by atoms with E-state index < -0.39 is 0 Å². The number of H-pyrrole nitrogens is 1. The number of nitrogens with zero attached hydrogens (tertiary/aromatic N) is 2. The zero-order valence-electron chi connectivity index (χ0n) is 9.57. The monoisotopic (exact) mass is 216 g/mol. The molecule has 84 valence electrons. The number of imidazole rings is 1. The summed E-state index contributed by atoms with van der Waals surface area (Å²) in [7, 11) is 0. The quantitative estimate of drug-likeness (QED) is 0.821. The van der Waals surface area contributed by atoms with Gasteiger partial charge in [-0.3, -0.25) is 4.98 Å². The third-order valence-electron chi connectivity index (χ3n) is 2.25. The minimum atomic E-state index is 0.461. The molecule has 0 aliphatic heterocycles. The molecule has 16 heavy (non-hydrogen) atoms. The van der Waals surface area contributed by atoms with Gasteiger partial charge in [0.2, 0.25) is 0 Å². The lowest BCUT2D eigenvalue weighted by atomic mass is 10.3. The second kappa shape index (κ2) is 4.90. The zero-order chi connectivity index (χ0) is 11.4. The molecular weight excluding hydrogens is 200 g/mol. The Morgan fingerprint density at radius 1 is 1.31 bits per heavy atom.